The zero-order valence-corrected chi connectivity index (χ0v) is 15.8. The van der Waals surface area contributed by atoms with E-state index in [4.69, 9.17) is 21.1 Å². The molecule has 3 nitrogen and oxygen atoms in total. The van der Waals surface area contributed by atoms with Gasteiger partial charge in [-0.15, -0.1) is 0 Å². The molecular formula is C21H25ClO3. The van der Waals surface area contributed by atoms with E-state index in [-0.39, 0.29) is 5.78 Å². The Morgan fingerprint density at radius 1 is 1.08 bits per heavy atom. The Balaban J connectivity index is 1.90. The summed E-state index contributed by atoms with van der Waals surface area (Å²) in [5, 5.41) is 0.655. The highest BCUT2D eigenvalue weighted by atomic mass is 35.5. The van der Waals surface area contributed by atoms with Gasteiger partial charge in [0.2, 0.25) is 0 Å². The molecule has 0 saturated heterocycles. The first-order valence-corrected chi connectivity index (χ1v) is 8.96. The lowest BCUT2D eigenvalue weighted by Gasteiger charge is -2.09. The van der Waals surface area contributed by atoms with Crippen LogP contribution in [0.25, 0.3) is 0 Å². The van der Waals surface area contributed by atoms with Crippen molar-refractivity contribution in [2.24, 2.45) is 5.92 Å². The molecular weight excluding hydrogens is 336 g/mol. The van der Waals surface area contributed by atoms with E-state index in [0.717, 1.165) is 23.5 Å². The number of Topliss-reactive ketones (excluding diaryl/α,β-unsaturated/α-hetero) is 1. The highest BCUT2D eigenvalue weighted by molar-refractivity contribution is 6.31. The number of ether oxygens (including phenoxy) is 2. The van der Waals surface area contributed by atoms with Crippen molar-refractivity contribution in [3.05, 3.63) is 58.6 Å². The van der Waals surface area contributed by atoms with Gasteiger partial charge in [0.05, 0.1) is 13.7 Å². The molecule has 0 heterocycles. The fourth-order valence-electron chi connectivity index (χ4n) is 2.41. The molecule has 2 aromatic carbocycles. The molecule has 0 radical (unpaired) electrons. The summed E-state index contributed by atoms with van der Waals surface area (Å²) in [7, 11) is 1.61. The van der Waals surface area contributed by atoms with Gasteiger partial charge in [0.1, 0.15) is 11.5 Å². The molecule has 0 spiro atoms. The molecule has 2 aromatic rings. The predicted octanol–water partition coefficient (Wildman–Crippen LogP) is 5.59. The second-order valence-corrected chi connectivity index (χ2v) is 6.84. The monoisotopic (exact) mass is 360 g/mol. The number of carbonyl (C=O) groups is 1. The van der Waals surface area contributed by atoms with Crippen LogP contribution in [-0.2, 0) is 6.42 Å². The molecule has 2 rings (SSSR count). The predicted molar refractivity (Wildman–Crippen MR) is 102 cm³/mol. The van der Waals surface area contributed by atoms with Gasteiger partial charge in [0.15, 0.2) is 5.78 Å². The summed E-state index contributed by atoms with van der Waals surface area (Å²) >= 11 is 6.19. The molecule has 0 amide bonds. The van der Waals surface area contributed by atoms with Crippen LogP contribution in [0.3, 0.4) is 0 Å². The number of benzene rings is 2. The average molecular weight is 361 g/mol. The van der Waals surface area contributed by atoms with Crippen molar-refractivity contribution >= 4 is 17.4 Å². The number of hydrogen-bond donors (Lipinski definition) is 0. The first-order valence-electron chi connectivity index (χ1n) is 8.58. The van der Waals surface area contributed by atoms with Gasteiger partial charge in [0.25, 0.3) is 0 Å². The van der Waals surface area contributed by atoms with Gasteiger partial charge >= 0.3 is 0 Å². The van der Waals surface area contributed by atoms with E-state index in [2.05, 4.69) is 13.8 Å². The largest absolute Gasteiger partial charge is 0.497 e. The maximum absolute atomic E-state index is 12.4. The van der Waals surface area contributed by atoms with E-state index >= 15 is 0 Å². The first-order chi connectivity index (χ1) is 12.0. The average Bonchev–Trinajstić information content (AvgIpc) is 2.61. The Labute approximate surface area is 154 Å². The molecule has 134 valence electrons. The Hall–Kier alpha value is -2.00. The van der Waals surface area contributed by atoms with E-state index in [0.29, 0.717) is 36.0 Å². The van der Waals surface area contributed by atoms with E-state index < -0.39 is 0 Å². The highest BCUT2D eigenvalue weighted by Gasteiger charge is 2.09. The normalized spacial score (nSPS) is 10.8. The molecule has 0 saturated carbocycles. The zero-order chi connectivity index (χ0) is 18.2. The number of ketones is 1. The minimum atomic E-state index is 0.0904. The summed E-state index contributed by atoms with van der Waals surface area (Å²) in [5.41, 5.74) is 1.61. The minimum absolute atomic E-state index is 0.0904. The van der Waals surface area contributed by atoms with Crippen molar-refractivity contribution in [1.82, 2.24) is 0 Å². The maximum atomic E-state index is 12.4. The summed E-state index contributed by atoms with van der Waals surface area (Å²) in [4.78, 5) is 12.4. The van der Waals surface area contributed by atoms with Crippen molar-refractivity contribution in [2.45, 2.75) is 33.1 Å². The lowest BCUT2D eigenvalue weighted by Crippen LogP contribution is -2.03. The van der Waals surface area contributed by atoms with Crippen LogP contribution in [-0.4, -0.2) is 19.5 Å². The number of rotatable bonds is 9. The SMILES string of the molecule is COc1ccc(Cl)c(CCC(=O)c2ccc(OCCC(C)C)cc2)c1. The summed E-state index contributed by atoms with van der Waals surface area (Å²) < 4.78 is 10.9. The van der Waals surface area contributed by atoms with E-state index in [1.165, 1.54) is 0 Å². The maximum Gasteiger partial charge on any atom is 0.163 e. The molecule has 0 bridgehead atoms. The number of hydrogen-bond acceptors (Lipinski definition) is 3. The molecule has 0 aliphatic carbocycles. The number of halogens is 1. The van der Waals surface area contributed by atoms with Crippen LogP contribution < -0.4 is 9.47 Å². The highest BCUT2D eigenvalue weighted by Crippen LogP contribution is 2.24. The van der Waals surface area contributed by atoms with Gasteiger partial charge < -0.3 is 9.47 Å². The summed E-state index contributed by atoms with van der Waals surface area (Å²) in [5.74, 6) is 2.25. The third-order valence-electron chi connectivity index (χ3n) is 4.01. The van der Waals surface area contributed by atoms with Gasteiger partial charge in [0, 0.05) is 17.0 Å². The fraction of sp³-hybridized carbons (Fsp3) is 0.381. The molecule has 0 fully saturated rings. The number of methoxy groups -OCH3 is 1. The number of carbonyl (C=O) groups excluding carboxylic acids is 1. The molecule has 0 aromatic heterocycles. The molecule has 0 N–H and O–H groups in total. The van der Waals surface area contributed by atoms with Gasteiger partial charge in [-0.1, -0.05) is 25.4 Å². The Bertz CT molecular complexity index is 693. The lowest BCUT2D eigenvalue weighted by molar-refractivity contribution is 0.0983. The molecule has 4 heteroatoms. The summed E-state index contributed by atoms with van der Waals surface area (Å²) in [6.45, 7) is 5.03. The fourth-order valence-corrected chi connectivity index (χ4v) is 2.62. The van der Waals surface area contributed by atoms with Gasteiger partial charge in [-0.25, -0.2) is 0 Å². The smallest absolute Gasteiger partial charge is 0.163 e. The quantitative estimate of drug-likeness (QED) is 0.547. The van der Waals surface area contributed by atoms with Crippen molar-refractivity contribution in [1.29, 1.82) is 0 Å². The second-order valence-electron chi connectivity index (χ2n) is 6.44. The van der Waals surface area contributed by atoms with Gasteiger partial charge in [-0.05, 0) is 66.8 Å². The van der Waals surface area contributed by atoms with Crippen LogP contribution >= 0.6 is 11.6 Å². The third-order valence-corrected chi connectivity index (χ3v) is 4.38. The van der Waals surface area contributed by atoms with Gasteiger partial charge in [-0.2, -0.15) is 0 Å². The molecule has 0 atom stereocenters. The Kier molecular flexibility index (Phi) is 7.32. The van der Waals surface area contributed by atoms with Crippen molar-refractivity contribution in [3.63, 3.8) is 0 Å². The van der Waals surface area contributed by atoms with Crippen molar-refractivity contribution < 1.29 is 14.3 Å². The summed E-state index contributed by atoms with van der Waals surface area (Å²) in [6, 6.07) is 12.8. The van der Waals surface area contributed by atoms with Crippen molar-refractivity contribution in [3.8, 4) is 11.5 Å². The standard InChI is InChI=1S/C21H25ClO3/c1-15(2)12-13-25-18-7-4-16(5-8-18)21(23)11-6-17-14-19(24-3)9-10-20(17)22/h4-5,7-10,14-15H,6,11-13H2,1-3H3. The second kappa shape index (κ2) is 9.47. The van der Waals surface area contributed by atoms with Crippen LogP contribution in [0.5, 0.6) is 11.5 Å². The third kappa shape index (κ3) is 6.09. The van der Waals surface area contributed by atoms with Crippen LogP contribution in [0.4, 0.5) is 0 Å². The first kappa shape index (κ1) is 19.3. The molecule has 0 aliphatic heterocycles. The molecule has 0 aliphatic rings. The van der Waals surface area contributed by atoms with E-state index in [1.807, 2.05) is 36.4 Å². The summed E-state index contributed by atoms with van der Waals surface area (Å²) in [6.07, 6.45) is 2.00. The van der Waals surface area contributed by atoms with Crippen LogP contribution in [0.1, 0.15) is 42.6 Å². The van der Waals surface area contributed by atoms with Crippen molar-refractivity contribution in [2.75, 3.05) is 13.7 Å². The topological polar surface area (TPSA) is 35.5 Å². The molecule has 25 heavy (non-hydrogen) atoms. The van der Waals surface area contributed by atoms with Crippen LogP contribution in [0.2, 0.25) is 5.02 Å². The Morgan fingerprint density at radius 2 is 1.76 bits per heavy atom. The van der Waals surface area contributed by atoms with Crippen LogP contribution in [0.15, 0.2) is 42.5 Å². The molecule has 0 unspecified atom stereocenters. The van der Waals surface area contributed by atoms with E-state index in [1.54, 1.807) is 13.2 Å². The Morgan fingerprint density at radius 3 is 2.40 bits per heavy atom. The van der Waals surface area contributed by atoms with Crippen LogP contribution in [0, 0.1) is 5.92 Å². The van der Waals surface area contributed by atoms with E-state index in [9.17, 15) is 4.79 Å². The number of aryl methyl sites for hydroxylation is 1. The lowest BCUT2D eigenvalue weighted by atomic mass is 10.0. The zero-order valence-electron chi connectivity index (χ0n) is 15.0. The van der Waals surface area contributed by atoms with Gasteiger partial charge in [-0.3, -0.25) is 4.79 Å². The minimum Gasteiger partial charge on any atom is -0.497 e.